The summed E-state index contributed by atoms with van der Waals surface area (Å²) in [5.74, 6) is -0.179. The highest BCUT2D eigenvalue weighted by molar-refractivity contribution is 5.89. The first-order chi connectivity index (χ1) is 5.50. The monoisotopic (exact) mass is 171 g/mol. The van der Waals surface area contributed by atoms with Gasteiger partial charge in [0, 0.05) is 5.70 Å². The van der Waals surface area contributed by atoms with E-state index in [4.69, 9.17) is 10.5 Å². The van der Waals surface area contributed by atoms with Gasteiger partial charge in [-0.25, -0.2) is 4.79 Å². The van der Waals surface area contributed by atoms with E-state index in [1.807, 2.05) is 13.8 Å². The van der Waals surface area contributed by atoms with Gasteiger partial charge < -0.3 is 10.5 Å². The third-order valence-electron chi connectivity index (χ3n) is 1.50. The Morgan fingerprint density at radius 1 is 1.50 bits per heavy atom. The lowest BCUT2D eigenvalue weighted by atomic mass is 10.0. The van der Waals surface area contributed by atoms with Gasteiger partial charge in [0.15, 0.2) is 0 Å². The average Bonchev–Trinajstić information content (AvgIpc) is 1.85. The van der Waals surface area contributed by atoms with E-state index < -0.39 is 0 Å². The molecular weight excluding hydrogens is 154 g/mol. The Balaban J connectivity index is 4.55. The van der Waals surface area contributed by atoms with Crippen molar-refractivity contribution in [3.63, 3.8) is 0 Å². The van der Waals surface area contributed by atoms with E-state index in [1.165, 1.54) is 0 Å². The Bertz CT molecular complexity index is 191. The zero-order valence-corrected chi connectivity index (χ0v) is 8.18. The lowest BCUT2D eigenvalue weighted by Crippen LogP contribution is -2.16. The lowest BCUT2D eigenvalue weighted by Gasteiger charge is -2.11. The zero-order valence-electron chi connectivity index (χ0n) is 8.18. The largest absolute Gasteiger partial charge is 0.463 e. The van der Waals surface area contributed by atoms with Crippen molar-refractivity contribution in [3.8, 4) is 0 Å². The summed E-state index contributed by atoms with van der Waals surface area (Å²) in [5, 5.41) is 0. The van der Waals surface area contributed by atoms with Gasteiger partial charge in [0.2, 0.25) is 0 Å². The number of hydrogen-bond acceptors (Lipinski definition) is 3. The molecular formula is C9H17NO2. The lowest BCUT2D eigenvalue weighted by molar-refractivity contribution is -0.139. The number of hydrogen-bond donors (Lipinski definition) is 1. The Labute approximate surface area is 73.6 Å². The molecule has 3 heteroatoms. The van der Waals surface area contributed by atoms with Gasteiger partial charge in [-0.05, 0) is 19.8 Å². The van der Waals surface area contributed by atoms with Crippen molar-refractivity contribution in [2.45, 2.75) is 27.7 Å². The minimum Gasteiger partial charge on any atom is -0.463 e. The van der Waals surface area contributed by atoms with E-state index >= 15 is 0 Å². The molecule has 70 valence electrons. The van der Waals surface area contributed by atoms with Crippen LogP contribution in [0.2, 0.25) is 0 Å². The van der Waals surface area contributed by atoms with Crippen LogP contribution in [0.5, 0.6) is 0 Å². The maximum Gasteiger partial charge on any atom is 0.335 e. The van der Waals surface area contributed by atoms with Crippen LogP contribution in [0.25, 0.3) is 0 Å². The van der Waals surface area contributed by atoms with E-state index in [9.17, 15) is 4.79 Å². The van der Waals surface area contributed by atoms with E-state index in [0.717, 1.165) is 0 Å². The number of ether oxygens (including phenoxy) is 1. The predicted octanol–water partition coefficient (Wildman–Crippen LogP) is 1.44. The molecule has 2 N–H and O–H groups in total. The highest BCUT2D eigenvalue weighted by Gasteiger charge is 2.16. The van der Waals surface area contributed by atoms with E-state index in [0.29, 0.717) is 17.9 Å². The molecule has 0 saturated heterocycles. The highest BCUT2D eigenvalue weighted by atomic mass is 16.5. The summed E-state index contributed by atoms with van der Waals surface area (Å²) in [6, 6.07) is 0. The molecule has 0 aliphatic heterocycles. The molecule has 0 aliphatic carbocycles. The molecule has 0 aliphatic rings. The van der Waals surface area contributed by atoms with E-state index in [-0.39, 0.29) is 11.9 Å². The molecule has 0 saturated carbocycles. The van der Waals surface area contributed by atoms with Crippen molar-refractivity contribution >= 4 is 5.97 Å². The number of nitrogens with two attached hydrogens (primary N) is 1. The van der Waals surface area contributed by atoms with Crippen LogP contribution >= 0.6 is 0 Å². The number of allylic oxidation sites excluding steroid dienone is 1. The maximum absolute atomic E-state index is 11.3. The molecule has 0 aromatic rings. The van der Waals surface area contributed by atoms with Crippen molar-refractivity contribution in [2.75, 3.05) is 6.61 Å². The summed E-state index contributed by atoms with van der Waals surface area (Å²) >= 11 is 0. The molecule has 0 amide bonds. The van der Waals surface area contributed by atoms with Crippen LogP contribution in [0.1, 0.15) is 27.7 Å². The second-order valence-corrected chi connectivity index (χ2v) is 2.97. The molecule has 0 atom stereocenters. The van der Waals surface area contributed by atoms with Crippen molar-refractivity contribution < 1.29 is 9.53 Å². The topological polar surface area (TPSA) is 52.3 Å². The van der Waals surface area contributed by atoms with Crippen molar-refractivity contribution in [1.82, 2.24) is 0 Å². The molecule has 0 aromatic heterocycles. The van der Waals surface area contributed by atoms with Gasteiger partial charge in [-0.2, -0.15) is 0 Å². The molecule has 0 spiro atoms. The summed E-state index contributed by atoms with van der Waals surface area (Å²) in [4.78, 5) is 11.3. The number of carbonyl (C=O) groups is 1. The van der Waals surface area contributed by atoms with E-state index in [2.05, 4.69) is 0 Å². The van der Waals surface area contributed by atoms with Crippen LogP contribution in [-0.2, 0) is 9.53 Å². The molecule has 0 aromatic carbocycles. The molecule has 0 radical (unpaired) electrons. The third-order valence-corrected chi connectivity index (χ3v) is 1.50. The summed E-state index contributed by atoms with van der Waals surface area (Å²) in [5.41, 5.74) is 6.67. The standard InChI is InChI=1S/C9H17NO2/c1-5-12-9(11)8(6(2)3)7(4)10/h6H,5,10H2,1-4H3/b8-7-. The molecule has 3 nitrogen and oxygen atoms in total. The number of rotatable bonds is 3. The van der Waals surface area contributed by atoms with Gasteiger partial charge in [-0.15, -0.1) is 0 Å². The normalized spacial score (nSPS) is 12.8. The Hall–Kier alpha value is -0.990. The smallest absolute Gasteiger partial charge is 0.335 e. The minimum absolute atomic E-state index is 0.119. The van der Waals surface area contributed by atoms with Gasteiger partial charge in [-0.3, -0.25) is 0 Å². The van der Waals surface area contributed by atoms with Gasteiger partial charge >= 0.3 is 5.97 Å². The van der Waals surface area contributed by atoms with Crippen molar-refractivity contribution in [3.05, 3.63) is 11.3 Å². The molecule has 0 rings (SSSR count). The quantitative estimate of drug-likeness (QED) is 0.516. The minimum atomic E-state index is -0.299. The fraction of sp³-hybridized carbons (Fsp3) is 0.667. The second-order valence-electron chi connectivity index (χ2n) is 2.97. The van der Waals surface area contributed by atoms with Crippen LogP contribution in [-0.4, -0.2) is 12.6 Å². The maximum atomic E-state index is 11.3. The zero-order chi connectivity index (χ0) is 9.72. The van der Waals surface area contributed by atoms with Crippen LogP contribution in [0, 0.1) is 5.92 Å². The molecule has 12 heavy (non-hydrogen) atoms. The van der Waals surface area contributed by atoms with Crippen LogP contribution in [0.15, 0.2) is 11.3 Å². The SMILES string of the molecule is CCOC(=O)/C(=C(/C)N)C(C)C. The fourth-order valence-electron chi connectivity index (χ4n) is 1.06. The van der Waals surface area contributed by atoms with Crippen molar-refractivity contribution in [1.29, 1.82) is 0 Å². The van der Waals surface area contributed by atoms with Gasteiger partial charge in [-0.1, -0.05) is 13.8 Å². The van der Waals surface area contributed by atoms with Gasteiger partial charge in [0.1, 0.15) is 0 Å². The van der Waals surface area contributed by atoms with Crippen molar-refractivity contribution in [2.24, 2.45) is 11.7 Å². The van der Waals surface area contributed by atoms with Crippen LogP contribution in [0.3, 0.4) is 0 Å². The number of esters is 1. The number of carbonyl (C=O) groups excluding carboxylic acids is 1. The first-order valence-corrected chi connectivity index (χ1v) is 4.14. The predicted molar refractivity (Wildman–Crippen MR) is 48.4 cm³/mol. The Morgan fingerprint density at radius 2 is 2.00 bits per heavy atom. The Morgan fingerprint density at radius 3 is 2.25 bits per heavy atom. The summed E-state index contributed by atoms with van der Waals surface area (Å²) in [6.45, 7) is 7.72. The summed E-state index contributed by atoms with van der Waals surface area (Å²) < 4.78 is 4.85. The third kappa shape index (κ3) is 2.95. The second kappa shape index (κ2) is 4.80. The van der Waals surface area contributed by atoms with E-state index in [1.54, 1.807) is 13.8 Å². The molecule has 0 bridgehead atoms. The van der Waals surface area contributed by atoms with Gasteiger partial charge in [0.05, 0.1) is 12.2 Å². The first kappa shape index (κ1) is 11.0. The van der Waals surface area contributed by atoms with Crippen LogP contribution in [0.4, 0.5) is 0 Å². The molecule has 0 heterocycles. The summed E-state index contributed by atoms with van der Waals surface area (Å²) in [7, 11) is 0. The van der Waals surface area contributed by atoms with Crippen LogP contribution < -0.4 is 5.73 Å². The molecule has 0 unspecified atom stereocenters. The summed E-state index contributed by atoms with van der Waals surface area (Å²) in [6.07, 6.45) is 0. The average molecular weight is 171 g/mol. The fourth-order valence-corrected chi connectivity index (χ4v) is 1.06. The highest BCUT2D eigenvalue weighted by Crippen LogP contribution is 2.13. The first-order valence-electron chi connectivity index (χ1n) is 4.14. The van der Waals surface area contributed by atoms with Gasteiger partial charge in [0.25, 0.3) is 0 Å². The Kier molecular flexibility index (Phi) is 4.40. The molecule has 0 fully saturated rings.